The summed E-state index contributed by atoms with van der Waals surface area (Å²) in [7, 11) is 0. The van der Waals surface area contributed by atoms with Crippen LogP contribution < -0.4 is 20.4 Å². The Bertz CT molecular complexity index is 1350. The lowest BCUT2D eigenvalue weighted by Crippen LogP contribution is -2.37. The van der Waals surface area contributed by atoms with Crippen LogP contribution >= 0.6 is 0 Å². The summed E-state index contributed by atoms with van der Waals surface area (Å²) in [5.41, 5.74) is 4.96. The average Bonchev–Trinajstić information content (AvgIpc) is 2.94. The molecule has 10 heteroatoms. The number of morpholine rings is 1. The summed E-state index contributed by atoms with van der Waals surface area (Å²) in [6.07, 6.45) is 1.61. The molecular formula is C27H26FN7O2. The zero-order valence-corrected chi connectivity index (χ0v) is 20.0. The Balaban J connectivity index is 1.32. The summed E-state index contributed by atoms with van der Waals surface area (Å²) in [4.78, 5) is 15.7. The van der Waals surface area contributed by atoms with Crippen molar-refractivity contribution in [2.24, 2.45) is 5.10 Å². The SMILES string of the molecule is Fc1ccccc1COc1ccccc1/C=N\Nc1nc(Nc2ccccc2)nc(N2CCOCC2)n1. The minimum atomic E-state index is -0.305. The van der Waals surface area contributed by atoms with Crippen LogP contribution in [-0.2, 0) is 11.3 Å². The Kier molecular flexibility index (Phi) is 7.77. The van der Waals surface area contributed by atoms with Crippen LogP contribution in [-0.4, -0.2) is 47.5 Å². The van der Waals surface area contributed by atoms with Gasteiger partial charge in [-0.05, 0) is 30.3 Å². The van der Waals surface area contributed by atoms with E-state index in [1.807, 2.05) is 59.5 Å². The highest BCUT2D eigenvalue weighted by molar-refractivity contribution is 5.83. The van der Waals surface area contributed by atoms with Crippen molar-refractivity contribution >= 4 is 29.7 Å². The lowest BCUT2D eigenvalue weighted by molar-refractivity contribution is 0.122. The number of hydrazone groups is 1. The maximum absolute atomic E-state index is 14.0. The average molecular weight is 500 g/mol. The van der Waals surface area contributed by atoms with Crippen LogP contribution in [0.5, 0.6) is 5.75 Å². The van der Waals surface area contributed by atoms with Crippen LogP contribution in [0, 0.1) is 5.82 Å². The highest BCUT2D eigenvalue weighted by atomic mass is 19.1. The molecule has 4 aromatic rings. The van der Waals surface area contributed by atoms with Crippen molar-refractivity contribution in [3.63, 3.8) is 0 Å². The molecule has 1 aromatic heterocycles. The number of nitrogens with one attached hydrogen (secondary N) is 2. The molecule has 2 heterocycles. The normalized spacial score (nSPS) is 13.5. The Morgan fingerprint density at radius 2 is 1.62 bits per heavy atom. The number of ether oxygens (including phenoxy) is 2. The third kappa shape index (κ3) is 6.56. The van der Waals surface area contributed by atoms with Gasteiger partial charge in [0.25, 0.3) is 0 Å². The smallest absolute Gasteiger partial charge is 0.250 e. The van der Waals surface area contributed by atoms with Crippen molar-refractivity contribution in [1.29, 1.82) is 0 Å². The fourth-order valence-corrected chi connectivity index (χ4v) is 3.68. The number of para-hydroxylation sites is 2. The number of halogens is 1. The molecule has 1 saturated heterocycles. The molecular weight excluding hydrogens is 473 g/mol. The minimum Gasteiger partial charge on any atom is -0.488 e. The van der Waals surface area contributed by atoms with Crippen LogP contribution in [0.1, 0.15) is 11.1 Å². The van der Waals surface area contributed by atoms with E-state index < -0.39 is 0 Å². The predicted octanol–water partition coefficient (Wildman–Crippen LogP) is 4.62. The molecule has 1 aliphatic rings. The Morgan fingerprint density at radius 3 is 2.46 bits per heavy atom. The van der Waals surface area contributed by atoms with Gasteiger partial charge in [-0.3, -0.25) is 0 Å². The van der Waals surface area contributed by atoms with Gasteiger partial charge in [-0.15, -0.1) is 0 Å². The van der Waals surface area contributed by atoms with Gasteiger partial charge < -0.3 is 19.7 Å². The Labute approximate surface area is 214 Å². The van der Waals surface area contributed by atoms with Crippen molar-refractivity contribution < 1.29 is 13.9 Å². The molecule has 0 unspecified atom stereocenters. The monoisotopic (exact) mass is 499 g/mol. The van der Waals surface area contributed by atoms with E-state index in [2.05, 4.69) is 30.8 Å². The van der Waals surface area contributed by atoms with Gasteiger partial charge in [0, 0.05) is 29.9 Å². The van der Waals surface area contributed by atoms with E-state index in [0.29, 0.717) is 49.5 Å². The van der Waals surface area contributed by atoms with E-state index in [0.717, 1.165) is 11.3 Å². The molecule has 5 rings (SSSR count). The number of benzene rings is 3. The van der Waals surface area contributed by atoms with Crippen LogP contribution in [0.4, 0.5) is 27.9 Å². The molecule has 0 amide bonds. The van der Waals surface area contributed by atoms with Crippen molar-refractivity contribution in [3.8, 4) is 5.75 Å². The molecule has 0 radical (unpaired) electrons. The van der Waals surface area contributed by atoms with E-state index >= 15 is 0 Å². The number of nitrogens with zero attached hydrogens (tertiary/aromatic N) is 5. The van der Waals surface area contributed by atoms with Crippen molar-refractivity contribution in [2.45, 2.75) is 6.61 Å². The summed E-state index contributed by atoms with van der Waals surface area (Å²) in [5, 5.41) is 7.54. The topological polar surface area (TPSA) is 96.8 Å². The lowest BCUT2D eigenvalue weighted by Gasteiger charge is -2.27. The van der Waals surface area contributed by atoms with Gasteiger partial charge in [0.1, 0.15) is 18.2 Å². The zero-order chi connectivity index (χ0) is 25.3. The first kappa shape index (κ1) is 24.1. The van der Waals surface area contributed by atoms with E-state index in [1.54, 1.807) is 24.4 Å². The quantitative estimate of drug-likeness (QED) is 0.255. The standard InChI is InChI=1S/C27H26FN7O2/c28-23-12-6-4-9-21(23)19-37-24-13-7-5-8-20(24)18-29-34-26-31-25(30-22-10-2-1-3-11-22)32-27(33-26)35-14-16-36-17-15-35/h1-13,18H,14-17,19H2,(H2,30,31,32,33,34)/b29-18-. The van der Waals surface area contributed by atoms with Crippen molar-refractivity contribution in [1.82, 2.24) is 15.0 Å². The first-order valence-electron chi connectivity index (χ1n) is 11.9. The van der Waals surface area contributed by atoms with E-state index in [1.165, 1.54) is 6.07 Å². The second-order valence-corrected chi connectivity index (χ2v) is 8.16. The molecule has 9 nitrogen and oxygen atoms in total. The van der Waals surface area contributed by atoms with E-state index in [4.69, 9.17) is 9.47 Å². The van der Waals surface area contributed by atoms with Crippen molar-refractivity contribution in [2.75, 3.05) is 41.9 Å². The number of hydrogen-bond donors (Lipinski definition) is 2. The van der Waals surface area contributed by atoms with Gasteiger partial charge in [0.05, 0.1) is 19.4 Å². The fraction of sp³-hybridized carbons (Fsp3) is 0.185. The largest absolute Gasteiger partial charge is 0.488 e. The van der Waals surface area contributed by atoms with E-state index in [9.17, 15) is 4.39 Å². The number of anilines is 4. The second-order valence-electron chi connectivity index (χ2n) is 8.16. The number of rotatable bonds is 9. The fourth-order valence-electron chi connectivity index (χ4n) is 3.68. The first-order chi connectivity index (χ1) is 18.2. The summed E-state index contributed by atoms with van der Waals surface area (Å²) in [5.74, 6) is 1.49. The molecule has 1 fully saturated rings. The van der Waals surface area contributed by atoms with Gasteiger partial charge in [0.15, 0.2) is 0 Å². The molecule has 2 N–H and O–H groups in total. The highest BCUT2D eigenvalue weighted by Gasteiger charge is 2.17. The molecule has 0 bridgehead atoms. The van der Waals surface area contributed by atoms with Gasteiger partial charge in [-0.25, -0.2) is 9.82 Å². The molecule has 3 aromatic carbocycles. The highest BCUT2D eigenvalue weighted by Crippen LogP contribution is 2.20. The van der Waals surface area contributed by atoms with Gasteiger partial charge >= 0.3 is 0 Å². The van der Waals surface area contributed by atoms with Crippen LogP contribution in [0.3, 0.4) is 0 Å². The molecule has 0 aliphatic carbocycles. The molecule has 0 atom stereocenters. The van der Waals surface area contributed by atoms with Crippen LogP contribution in [0.2, 0.25) is 0 Å². The first-order valence-corrected chi connectivity index (χ1v) is 11.9. The van der Waals surface area contributed by atoms with Gasteiger partial charge in [-0.1, -0.05) is 48.5 Å². The van der Waals surface area contributed by atoms with Crippen LogP contribution in [0.15, 0.2) is 84.0 Å². The molecule has 1 aliphatic heterocycles. The number of hydrogen-bond acceptors (Lipinski definition) is 9. The summed E-state index contributed by atoms with van der Waals surface area (Å²) in [6, 6.07) is 23.6. The molecule has 0 saturated carbocycles. The summed E-state index contributed by atoms with van der Waals surface area (Å²) >= 11 is 0. The van der Waals surface area contributed by atoms with Crippen LogP contribution in [0.25, 0.3) is 0 Å². The Morgan fingerprint density at radius 1 is 0.892 bits per heavy atom. The predicted molar refractivity (Wildman–Crippen MR) is 141 cm³/mol. The lowest BCUT2D eigenvalue weighted by atomic mass is 10.2. The van der Waals surface area contributed by atoms with E-state index in [-0.39, 0.29) is 18.4 Å². The Hall–Kier alpha value is -4.57. The zero-order valence-electron chi connectivity index (χ0n) is 20.0. The second kappa shape index (κ2) is 11.9. The maximum atomic E-state index is 14.0. The number of aromatic nitrogens is 3. The maximum Gasteiger partial charge on any atom is 0.250 e. The van der Waals surface area contributed by atoms with Gasteiger partial charge in [0.2, 0.25) is 17.8 Å². The van der Waals surface area contributed by atoms with Gasteiger partial charge in [-0.2, -0.15) is 20.1 Å². The third-order valence-corrected chi connectivity index (χ3v) is 5.58. The minimum absolute atomic E-state index is 0.107. The molecule has 37 heavy (non-hydrogen) atoms. The molecule has 188 valence electrons. The summed E-state index contributed by atoms with van der Waals surface area (Å²) < 4.78 is 25.3. The van der Waals surface area contributed by atoms with Crippen molar-refractivity contribution in [3.05, 3.63) is 95.8 Å². The third-order valence-electron chi connectivity index (χ3n) is 5.58. The summed E-state index contributed by atoms with van der Waals surface area (Å²) in [6.45, 7) is 2.69. The molecule has 0 spiro atoms.